The number of amides is 1. The fraction of sp³-hybridized carbons (Fsp3) is 0.533. The number of nitrogen functional groups attached to an aromatic ring is 1. The van der Waals surface area contributed by atoms with E-state index in [2.05, 4.69) is 4.98 Å². The van der Waals surface area contributed by atoms with E-state index in [1.54, 1.807) is 4.90 Å². The summed E-state index contributed by atoms with van der Waals surface area (Å²) in [7, 11) is 0. The number of hydrogen-bond donors (Lipinski definition) is 1. The average Bonchev–Trinajstić information content (AvgIpc) is 2.47. The Morgan fingerprint density at radius 3 is 2.00 bits per heavy atom. The molecule has 0 fully saturated rings. The molecule has 6 nitrogen and oxygen atoms in total. The number of halogens is 3. The van der Waals surface area contributed by atoms with E-state index in [1.807, 2.05) is 27.7 Å². The number of aromatic amines is 1. The summed E-state index contributed by atoms with van der Waals surface area (Å²) in [6.45, 7) is 9.04. The number of carbonyl (C=O) groups excluding carboxylic acids is 2. The predicted octanol–water partition coefficient (Wildman–Crippen LogP) is 3.23. The van der Waals surface area contributed by atoms with Gasteiger partial charge >= 0.3 is 11.7 Å². The van der Waals surface area contributed by atoms with Gasteiger partial charge in [-0.15, -0.1) is 0 Å². The first-order valence-corrected chi connectivity index (χ1v) is 8.50. The van der Waals surface area contributed by atoms with Crippen LogP contribution in [0.1, 0.15) is 45.1 Å². The molecule has 3 N–H and O–H groups in total. The topological polar surface area (TPSA) is 86.8 Å². The van der Waals surface area contributed by atoms with Crippen molar-refractivity contribution in [3.05, 3.63) is 20.9 Å². The molecule has 1 aromatic rings. The summed E-state index contributed by atoms with van der Waals surface area (Å²) in [5.74, 6) is -1.16. The molecule has 1 amide bonds. The number of nitrogens with two attached hydrogens (primary N) is 1. The van der Waals surface area contributed by atoms with Crippen molar-refractivity contribution in [3.8, 4) is 0 Å². The summed E-state index contributed by atoms with van der Waals surface area (Å²) in [5, 5.41) is -0.151. The van der Waals surface area contributed by atoms with Crippen molar-refractivity contribution in [2.45, 2.75) is 52.8 Å². The van der Waals surface area contributed by atoms with E-state index in [4.69, 9.17) is 45.3 Å². The lowest BCUT2D eigenvalue weighted by molar-refractivity contribution is -0.380. The smallest absolute Gasteiger partial charge is 0.406 e. The third-order valence-corrected chi connectivity index (χ3v) is 4.49. The molecule has 1 heterocycles. The molecule has 0 spiro atoms. The standard InChI is InChI=1S/C15H20Cl3N3O3/c1-6(2)21(7(3)4)14(22)8(5)24-15(23)12-9(16)11(19)10(17)13(18)20-12/h6-8H,1-5H3,(H2,19,20)/p+1/t8-/m0/s1. The zero-order valence-electron chi connectivity index (χ0n) is 14.1. The van der Waals surface area contributed by atoms with Crippen molar-refractivity contribution in [1.29, 1.82) is 0 Å². The maximum atomic E-state index is 12.5. The Kier molecular flexibility index (Phi) is 7.13. The fourth-order valence-corrected chi connectivity index (χ4v) is 2.90. The van der Waals surface area contributed by atoms with Crippen LogP contribution in [0.25, 0.3) is 0 Å². The molecule has 1 rings (SSSR count). The van der Waals surface area contributed by atoms with Gasteiger partial charge < -0.3 is 15.4 Å². The Labute approximate surface area is 156 Å². The first-order chi connectivity index (χ1) is 11.0. The summed E-state index contributed by atoms with van der Waals surface area (Å²) in [6.07, 6.45) is -0.998. The van der Waals surface area contributed by atoms with Gasteiger partial charge in [-0.1, -0.05) is 23.2 Å². The van der Waals surface area contributed by atoms with Crippen molar-refractivity contribution in [1.82, 2.24) is 4.90 Å². The van der Waals surface area contributed by atoms with Gasteiger partial charge in [0.2, 0.25) is 0 Å². The molecule has 0 saturated carbocycles. The minimum atomic E-state index is -0.998. The molecule has 0 aliphatic carbocycles. The van der Waals surface area contributed by atoms with Gasteiger partial charge in [0.15, 0.2) is 6.10 Å². The molecule has 0 aliphatic rings. The summed E-state index contributed by atoms with van der Waals surface area (Å²) >= 11 is 17.7. The van der Waals surface area contributed by atoms with Crippen LogP contribution in [0.4, 0.5) is 5.69 Å². The Morgan fingerprint density at radius 1 is 1.04 bits per heavy atom. The first-order valence-electron chi connectivity index (χ1n) is 7.37. The third kappa shape index (κ3) is 4.43. The van der Waals surface area contributed by atoms with Crippen LogP contribution >= 0.6 is 34.8 Å². The van der Waals surface area contributed by atoms with Gasteiger partial charge in [0.05, 0.1) is 5.69 Å². The highest BCUT2D eigenvalue weighted by Gasteiger charge is 2.32. The molecule has 134 valence electrons. The maximum Gasteiger partial charge on any atom is 0.406 e. The Bertz CT molecular complexity index is 643. The fourth-order valence-electron chi connectivity index (χ4n) is 2.29. The highest BCUT2D eigenvalue weighted by Crippen LogP contribution is 2.32. The van der Waals surface area contributed by atoms with Crippen molar-refractivity contribution in [3.63, 3.8) is 0 Å². The monoisotopic (exact) mass is 396 g/mol. The number of hydrogen-bond acceptors (Lipinski definition) is 4. The van der Waals surface area contributed by atoms with Crippen LogP contribution < -0.4 is 10.7 Å². The van der Waals surface area contributed by atoms with E-state index in [9.17, 15) is 9.59 Å². The van der Waals surface area contributed by atoms with Crippen LogP contribution in [-0.4, -0.2) is 35.0 Å². The van der Waals surface area contributed by atoms with E-state index in [0.29, 0.717) is 0 Å². The number of nitrogens with zero attached hydrogens (tertiary/aromatic N) is 1. The second kappa shape index (κ2) is 8.23. The van der Waals surface area contributed by atoms with Gasteiger partial charge in [0.25, 0.3) is 11.1 Å². The minimum Gasteiger partial charge on any atom is -0.445 e. The summed E-state index contributed by atoms with van der Waals surface area (Å²) < 4.78 is 5.21. The average molecular weight is 398 g/mol. The second-order valence-corrected chi connectivity index (χ2v) is 6.97. The Morgan fingerprint density at radius 2 is 1.54 bits per heavy atom. The van der Waals surface area contributed by atoms with Crippen LogP contribution in [0, 0.1) is 0 Å². The molecule has 0 unspecified atom stereocenters. The molecule has 1 atom stereocenters. The number of pyridine rings is 1. The lowest BCUT2D eigenvalue weighted by Crippen LogP contribution is -2.47. The molecule has 0 radical (unpaired) electrons. The molecule has 1 aromatic heterocycles. The van der Waals surface area contributed by atoms with Crippen LogP contribution in [-0.2, 0) is 9.53 Å². The van der Waals surface area contributed by atoms with Crippen molar-refractivity contribution in [2.75, 3.05) is 5.73 Å². The number of esters is 1. The number of carbonyl (C=O) groups is 2. The molecule has 0 bridgehead atoms. The Hall–Kier alpha value is -1.24. The number of ether oxygens (including phenoxy) is 1. The van der Waals surface area contributed by atoms with Crippen molar-refractivity contribution < 1.29 is 19.3 Å². The van der Waals surface area contributed by atoms with Crippen LogP contribution in [0.15, 0.2) is 0 Å². The lowest BCUT2D eigenvalue weighted by Gasteiger charge is -2.32. The second-order valence-electron chi connectivity index (χ2n) is 5.84. The number of anilines is 1. The van der Waals surface area contributed by atoms with Gasteiger partial charge in [-0.25, -0.2) is 4.79 Å². The molecule has 0 aromatic carbocycles. The van der Waals surface area contributed by atoms with E-state index in [1.165, 1.54) is 6.92 Å². The number of nitrogens with one attached hydrogen (secondary N) is 1. The van der Waals surface area contributed by atoms with Gasteiger partial charge in [0.1, 0.15) is 10.0 Å². The van der Waals surface area contributed by atoms with Gasteiger partial charge in [0, 0.05) is 12.1 Å². The minimum absolute atomic E-state index is 0.00753. The van der Waals surface area contributed by atoms with Gasteiger partial charge in [-0.05, 0) is 46.2 Å². The van der Waals surface area contributed by atoms with Gasteiger partial charge in [-0.2, -0.15) is 4.98 Å². The SMILES string of the molecule is CC(C)N(C(=O)[C@H](C)OC(=O)c1[nH+]c(Cl)c(Cl)c(N)c1Cl)C(C)C. The van der Waals surface area contributed by atoms with Crippen molar-refractivity contribution in [2.24, 2.45) is 0 Å². The molecule has 24 heavy (non-hydrogen) atoms. The highest BCUT2D eigenvalue weighted by atomic mass is 35.5. The lowest BCUT2D eigenvalue weighted by atomic mass is 10.2. The summed E-state index contributed by atoms with van der Waals surface area (Å²) in [6, 6.07) is -0.0659. The van der Waals surface area contributed by atoms with Crippen molar-refractivity contribution >= 4 is 52.4 Å². The zero-order chi connectivity index (χ0) is 18.8. The van der Waals surface area contributed by atoms with E-state index in [0.717, 1.165) is 0 Å². The van der Waals surface area contributed by atoms with Gasteiger partial charge in [-0.3, -0.25) is 4.79 Å². The molecule has 9 heteroatoms. The largest absolute Gasteiger partial charge is 0.445 e. The van der Waals surface area contributed by atoms with Crippen LogP contribution in [0.3, 0.4) is 0 Å². The first kappa shape index (κ1) is 20.8. The summed E-state index contributed by atoms with van der Waals surface area (Å²) in [4.78, 5) is 28.9. The predicted molar refractivity (Wildman–Crippen MR) is 94.4 cm³/mol. The van der Waals surface area contributed by atoms with E-state index in [-0.39, 0.29) is 44.6 Å². The summed E-state index contributed by atoms with van der Waals surface area (Å²) in [5.41, 5.74) is 5.48. The zero-order valence-corrected chi connectivity index (χ0v) is 16.4. The highest BCUT2D eigenvalue weighted by molar-refractivity contribution is 6.45. The third-order valence-electron chi connectivity index (χ3n) is 3.32. The van der Waals surface area contributed by atoms with Crippen LogP contribution in [0.2, 0.25) is 15.2 Å². The molecule has 0 saturated heterocycles. The van der Waals surface area contributed by atoms with E-state index >= 15 is 0 Å². The van der Waals surface area contributed by atoms with Crippen LogP contribution in [0.5, 0.6) is 0 Å². The number of aromatic nitrogens is 1. The maximum absolute atomic E-state index is 12.5. The molecular formula is C15H21Cl3N3O3+. The normalized spacial score (nSPS) is 12.4. The molecule has 0 aliphatic heterocycles. The van der Waals surface area contributed by atoms with E-state index < -0.39 is 12.1 Å². The number of H-pyrrole nitrogens is 1. The Balaban J connectivity index is 3.02. The molecular weight excluding hydrogens is 377 g/mol. The number of rotatable bonds is 5. The quantitative estimate of drug-likeness (QED) is 0.610.